The maximum atomic E-state index is 14.8. The molecular weight excluding hydrogens is 558 g/mol. The third kappa shape index (κ3) is 4.10. The first-order valence-corrected chi connectivity index (χ1v) is 15.8. The number of para-hydroxylation sites is 1. The first kappa shape index (κ1) is 27.9. The van der Waals surface area contributed by atoms with Crippen LogP contribution in [0.4, 0.5) is 11.4 Å². The molecule has 3 aromatic carbocycles. The van der Waals surface area contributed by atoms with E-state index >= 15 is 0 Å². The van der Waals surface area contributed by atoms with Gasteiger partial charge in [0.1, 0.15) is 6.04 Å². The lowest BCUT2D eigenvalue weighted by Crippen LogP contribution is -2.56. The second-order valence-corrected chi connectivity index (χ2v) is 13.8. The first-order valence-electron chi connectivity index (χ1n) is 15.0. The molecule has 43 heavy (non-hydrogen) atoms. The molecule has 220 valence electrons. The van der Waals surface area contributed by atoms with E-state index in [2.05, 4.69) is 6.08 Å². The highest BCUT2D eigenvalue weighted by atomic mass is 32.2. The topological polar surface area (TPSA) is 81.2 Å². The highest BCUT2D eigenvalue weighted by Gasteiger charge is 2.74. The number of fused-ring (bicyclic) bond motifs is 3. The molecule has 6 atom stereocenters. The largest absolute Gasteiger partial charge is 0.394 e. The second-order valence-electron chi connectivity index (χ2n) is 12.1. The van der Waals surface area contributed by atoms with E-state index in [1.807, 2.05) is 105 Å². The van der Waals surface area contributed by atoms with Crippen LogP contribution in [-0.4, -0.2) is 69.0 Å². The van der Waals surface area contributed by atoms with Crippen LogP contribution in [0.1, 0.15) is 20.3 Å². The molecule has 0 radical (unpaired) electrons. The standard InChI is InChI=1S/C35H35N3O4S/c1-3-25(22-39)38-30-33(42)37(27-16-15-23-11-7-8-12-24(23)21-27)20-10-18-35(30)29(32(38)41)28-31(40)36(26-13-5-4-6-14-26)19-9-17-34(28,2)43-35/h4-18,21,25,28-30,39H,3,19-20,22H2,1-2H3/t25-,28+,29-,30?,34-,35-/m0/s1. The number of thioether (sulfide) groups is 1. The zero-order valence-corrected chi connectivity index (χ0v) is 25.1. The van der Waals surface area contributed by atoms with E-state index in [9.17, 15) is 19.5 Å². The van der Waals surface area contributed by atoms with Crippen LogP contribution in [0.5, 0.6) is 0 Å². The van der Waals surface area contributed by atoms with Crippen molar-refractivity contribution in [1.29, 1.82) is 0 Å². The molecule has 1 N–H and O–H groups in total. The highest BCUT2D eigenvalue weighted by molar-refractivity contribution is 8.02. The summed E-state index contributed by atoms with van der Waals surface area (Å²) in [5, 5.41) is 12.6. The number of benzene rings is 3. The van der Waals surface area contributed by atoms with Crippen molar-refractivity contribution in [1.82, 2.24) is 4.90 Å². The fourth-order valence-corrected chi connectivity index (χ4v) is 9.83. The first-order chi connectivity index (χ1) is 20.8. The maximum absolute atomic E-state index is 14.8. The fraction of sp³-hybridized carbons (Fsp3) is 0.343. The van der Waals surface area contributed by atoms with Crippen LogP contribution in [0.3, 0.4) is 0 Å². The van der Waals surface area contributed by atoms with Gasteiger partial charge in [-0.2, -0.15) is 0 Å². The van der Waals surface area contributed by atoms with Gasteiger partial charge in [0, 0.05) is 29.2 Å². The van der Waals surface area contributed by atoms with Crippen LogP contribution in [0.2, 0.25) is 0 Å². The third-order valence-corrected chi connectivity index (χ3v) is 11.5. The quantitative estimate of drug-likeness (QED) is 0.430. The predicted molar refractivity (Wildman–Crippen MR) is 171 cm³/mol. The molecule has 1 unspecified atom stereocenters. The maximum Gasteiger partial charge on any atom is 0.251 e. The number of nitrogens with zero attached hydrogens (tertiary/aromatic N) is 3. The van der Waals surface area contributed by atoms with Crippen molar-refractivity contribution in [3.63, 3.8) is 0 Å². The number of aliphatic hydroxyl groups excluding tert-OH is 1. The van der Waals surface area contributed by atoms with E-state index in [1.54, 1.807) is 26.5 Å². The summed E-state index contributed by atoms with van der Waals surface area (Å²) in [4.78, 5) is 49.2. The van der Waals surface area contributed by atoms with Crippen molar-refractivity contribution in [3.8, 4) is 0 Å². The van der Waals surface area contributed by atoms with Crippen LogP contribution in [0.25, 0.3) is 10.8 Å². The molecule has 4 aliphatic rings. The molecule has 7 nitrogen and oxygen atoms in total. The summed E-state index contributed by atoms with van der Waals surface area (Å²) in [6, 6.07) is 22.1. The van der Waals surface area contributed by atoms with Crippen LogP contribution in [0.15, 0.2) is 97.1 Å². The Labute approximate surface area is 255 Å². The summed E-state index contributed by atoms with van der Waals surface area (Å²) >= 11 is 1.56. The van der Waals surface area contributed by atoms with Gasteiger partial charge in [-0.15, -0.1) is 11.8 Å². The lowest BCUT2D eigenvalue weighted by atomic mass is 9.74. The number of likely N-dealkylation sites (tertiary alicyclic amines) is 1. The van der Waals surface area contributed by atoms with Crippen molar-refractivity contribution >= 4 is 51.6 Å². The third-order valence-electron chi connectivity index (χ3n) is 9.68. The fourth-order valence-electron chi connectivity index (χ4n) is 7.68. The normalized spacial score (nSPS) is 30.7. The van der Waals surface area contributed by atoms with Crippen molar-refractivity contribution in [2.45, 2.75) is 41.8 Å². The Morgan fingerprint density at radius 2 is 1.49 bits per heavy atom. The van der Waals surface area contributed by atoms with Gasteiger partial charge in [0.25, 0.3) is 5.91 Å². The molecule has 4 heterocycles. The van der Waals surface area contributed by atoms with Crippen LogP contribution in [-0.2, 0) is 14.4 Å². The van der Waals surface area contributed by atoms with Crippen LogP contribution < -0.4 is 9.80 Å². The lowest BCUT2D eigenvalue weighted by Gasteiger charge is -2.39. The number of anilines is 2. The van der Waals surface area contributed by atoms with E-state index in [0.29, 0.717) is 19.5 Å². The second kappa shape index (κ2) is 10.4. The Hall–Kier alpha value is -3.88. The van der Waals surface area contributed by atoms with Crippen molar-refractivity contribution in [3.05, 3.63) is 97.1 Å². The number of amides is 3. The zero-order valence-electron chi connectivity index (χ0n) is 24.3. The van der Waals surface area contributed by atoms with Gasteiger partial charge in [-0.05, 0) is 48.4 Å². The van der Waals surface area contributed by atoms with E-state index in [4.69, 9.17) is 0 Å². The lowest BCUT2D eigenvalue weighted by molar-refractivity contribution is -0.142. The number of carbonyl (C=O) groups excluding carboxylic acids is 3. The predicted octanol–water partition coefficient (Wildman–Crippen LogP) is 4.80. The molecule has 4 aliphatic heterocycles. The average molecular weight is 594 g/mol. The van der Waals surface area contributed by atoms with E-state index in [-0.39, 0.29) is 24.3 Å². The molecule has 3 aromatic rings. The van der Waals surface area contributed by atoms with Crippen LogP contribution >= 0.6 is 11.8 Å². The number of rotatable bonds is 5. The monoisotopic (exact) mass is 593 g/mol. The summed E-state index contributed by atoms with van der Waals surface area (Å²) in [6.07, 6.45) is 8.59. The number of aliphatic hydroxyl groups is 1. The number of hydrogen-bond donors (Lipinski definition) is 1. The van der Waals surface area contributed by atoms with Gasteiger partial charge in [-0.25, -0.2) is 0 Å². The summed E-state index contributed by atoms with van der Waals surface area (Å²) in [7, 11) is 0. The number of carbonyl (C=O) groups is 3. The molecule has 2 fully saturated rings. The van der Waals surface area contributed by atoms with E-state index < -0.39 is 33.4 Å². The molecular formula is C35H35N3O4S. The Kier molecular flexibility index (Phi) is 6.74. The van der Waals surface area contributed by atoms with Gasteiger partial charge in [0.2, 0.25) is 11.8 Å². The summed E-state index contributed by atoms with van der Waals surface area (Å²) in [5.41, 5.74) is 1.54. The summed E-state index contributed by atoms with van der Waals surface area (Å²) in [6.45, 7) is 4.45. The van der Waals surface area contributed by atoms with Gasteiger partial charge in [0.15, 0.2) is 0 Å². The SMILES string of the molecule is CC[C@@H](CO)N1C(=O)[C@@H]2[C@@H]3C(=O)N(c4ccccc4)CC=C[C@]3(C)S[C@@]23C=CCN(c2ccc4ccccc4c2)C(=O)C13. The molecule has 3 amide bonds. The molecule has 0 saturated carbocycles. The van der Waals surface area contributed by atoms with E-state index in [0.717, 1.165) is 22.1 Å². The Morgan fingerprint density at radius 1 is 0.814 bits per heavy atom. The Bertz CT molecular complexity index is 1670. The van der Waals surface area contributed by atoms with Gasteiger partial charge in [-0.3, -0.25) is 14.4 Å². The van der Waals surface area contributed by atoms with Crippen LogP contribution in [0, 0.1) is 11.8 Å². The molecule has 0 bridgehead atoms. The van der Waals surface area contributed by atoms with Gasteiger partial charge >= 0.3 is 0 Å². The molecule has 1 spiro atoms. The van der Waals surface area contributed by atoms with Gasteiger partial charge < -0.3 is 19.8 Å². The average Bonchev–Trinajstić information content (AvgIpc) is 3.29. The highest BCUT2D eigenvalue weighted by Crippen LogP contribution is 2.66. The number of hydrogen-bond acceptors (Lipinski definition) is 5. The molecule has 2 saturated heterocycles. The Balaban J connectivity index is 1.36. The van der Waals surface area contributed by atoms with Crippen molar-refractivity contribution in [2.24, 2.45) is 11.8 Å². The zero-order chi connectivity index (χ0) is 29.9. The van der Waals surface area contributed by atoms with Crippen molar-refractivity contribution in [2.75, 3.05) is 29.5 Å². The van der Waals surface area contributed by atoms with Crippen molar-refractivity contribution < 1.29 is 19.5 Å². The molecule has 8 heteroatoms. The minimum absolute atomic E-state index is 0.115. The molecule has 7 rings (SSSR count). The summed E-state index contributed by atoms with van der Waals surface area (Å²) < 4.78 is -1.67. The summed E-state index contributed by atoms with van der Waals surface area (Å²) in [5.74, 6) is -1.98. The van der Waals surface area contributed by atoms with E-state index in [1.165, 1.54) is 0 Å². The van der Waals surface area contributed by atoms with Gasteiger partial charge in [0.05, 0.1) is 29.2 Å². The minimum atomic E-state index is -0.971. The minimum Gasteiger partial charge on any atom is -0.394 e. The molecule has 0 aliphatic carbocycles. The smallest absolute Gasteiger partial charge is 0.251 e. The molecule has 0 aromatic heterocycles. The van der Waals surface area contributed by atoms with Gasteiger partial charge in [-0.1, -0.05) is 79.8 Å². The Morgan fingerprint density at radius 3 is 2.21 bits per heavy atom.